The van der Waals surface area contributed by atoms with Gasteiger partial charge in [-0.1, -0.05) is 13.3 Å². The first-order chi connectivity index (χ1) is 7.06. The lowest BCUT2D eigenvalue weighted by molar-refractivity contribution is 0.0690. The lowest BCUT2D eigenvalue weighted by Gasteiger charge is -2.14. The van der Waals surface area contributed by atoms with Crippen molar-refractivity contribution in [2.24, 2.45) is 0 Å². The molecular formula is C10H16N2O2S. The first-order valence-corrected chi connectivity index (χ1v) is 5.79. The highest BCUT2D eigenvalue weighted by atomic mass is 32.1. The molecule has 0 aliphatic rings. The molecule has 0 saturated heterocycles. The van der Waals surface area contributed by atoms with Gasteiger partial charge >= 0.3 is 5.97 Å². The van der Waals surface area contributed by atoms with Gasteiger partial charge < -0.3 is 10.0 Å². The van der Waals surface area contributed by atoms with Crippen LogP contribution in [-0.4, -0.2) is 29.7 Å². The fourth-order valence-corrected chi connectivity index (χ4v) is 2.12. The van der Waals surface area contributed by atoms with Crippen molar-refractivity contribution >= 4 is 22.4 Å². The standard InChI is InChI=1S/C10H16N2O2S/c1-4-5-6-12(3)10-11-8(9(13)14)7(2)15-10/h4-6H2,1-3H3,(H,13,14). The highest BCUT2D eigenvalue weighted by molar-refractivity contribution is 7.15. The Balaban J connectivity index is 2.78. The second kappa shape index (κ2) is 5.11. The topological polar surface area (TPSA) is 53.4 Å². The molecular weight excluding hydrogens is 212 g/mol. The molecule has 0 bridgehead atoms. The molecule has 0 spiro atoms. The average molecular weight is 228 g/mol. The first kappa shape index (κ1) is 12.0. The summed E-state index contributed by atoms with van der Waals surface area (Å²) in [7, 11) is 1.94. The highest BCUT2D eigenvalue weighted by Gasteiger charge is 2.15. The van der Waals surface area contributed by atoms with E-state index in [-0.39, 0.29) is 5.69 Å². The van der Waals surface area contributed by atoms with Crippen LogP contribution in [0.5, 0.6) is 0 Å². The van der Waals surface area contributed by atoms with Crippen LogP contribution in [0.1, 0.15) is 35.1 Å². The number of nitrogens with zero attached hydrogens (tertiary/aromatic N) is 2. The van der Waals surface area contributed by atoms with Crippen molar-refractivity contribution in [3.05, 3.63) is 10.6 Å². The highest BCUT2D eigenvalue weighted by Crippen LogP contribution is 2.24. The molecule has 0 aromatic carbocycles. The minimum atomic E-state index is -0.945. The third kappa shape index (κ3) is 2.92. The van der Waals surface area contributed by atoms with E-state index in [1.807, 2.05) is 11.9 Å². The molecule has 0 fully saturated rings. The fraction of sp³-hybridized carbons (Fsp3) is 0.600. The van der Waals surface area contributed by atoms with Gasteiger partial charge in [0.15, 0.2) is 10.8 Å². The molecule has 1 heterocycles. The lowest BCUT2D eigenvalue weighted by Crippen LogP contribution is -2.18. The number of carbonyl (C=O) groups is 1. The number of thiazole rings is 1. The summed E-state index contributed by atoms with van der Waals surface area (Å²) in [6.45, 7) is 4.84. The maximum atomic E-state index is 10.8. The van der Waals surface area contributed by atoms with Gasteiger partial charge in [-0.05, 0) is 13.3 Å². The Kier molecular flexibility index (Phi) is 4.08. The third-order valence-electron chi connectivity index (χ3n) is 2.16. The molecule has 0 amide bonds. The summed E-state index contributed by atoms with van der Waals surface area (Å²) < 4.78 is 0. The van der Waals surface area contributed by atoms with E-state index in [9.17, 15) is 4.79 Å². The van der Waals surface area contributed by atoms with E-state index in [4.69, 9.17) is 5.11 Å². The molecule has 0 radical (unpaired) electrons. The first-order valence-electron chi connectivity index (χ1n) is 4.98. The molecule has 1 aromatic rings. The summed E-state index contributed by atoms with van der Waals surface area (Å²) in [6.07, 6.45) is 2.22. The van der Waals surface area contributed by atoms with Gasteiger partial charge in [-0.15, -0.1) is 11.3 Å². The molecule has 0 aliphatic carbocycles. The Hall–Kier alpha value is -1.10. The number of hydrogen-bond acceptors (Lipinski definition) is 4. The Morgan fingerprint density at radius 1 is 1.60 bits per heavy atom. The number of carboxylic acid groups (broad SMARTS) is 1. The van der Waals surface area contributed by atoms with E-state index in [0.717, 1.165) is 29.4 Å². The molecule has 1 aromatic heterocycles. The van der Waals surface area contributed by atoms with Crippen LogP contribution in [0.4, 0.5) is 5.13 Å². The maximum absolute atomic E-state index is 10.8. The van der Waals surface area contributed by atoms with E-state index in [0.29, 0.717) is 0 Å². The zero-order chi connectivity index (χ0) is 11.4. The van der Waals surface area contributed by atoms with Crippen molar-refractivity contribution in [3.63, 3.8) is 0 Å². The SMILES string of the molecule is CCCCN(C)c1nc(C(=O)O)c(C)s1. The third-order valence-corrected chi connectivity index (χ3v) is 3.25. The average Bonchev–Trinajstić information content (AvgIpc) is 2.56. The zero-order valence-corrected chi connectivity index (χ0v) is 10.1. The van der Waals surface area contributed by atoms with Gasteiger partial charge in [-0.25, -0.2) is 9.78 Å². The van der Waals surface area contributed by atoms with E-state index < -0.39 is 5.97 Å². The summed E-state index contributed by atoms with van der Waals surface area (Å²) in [4.78, 5) is 17.7. The molecule has 0 unspecified atom stereocenters. The van der Waals surface area contributed by atoms with E-state index in [1.54, 1.807) is 6.92 Å². The van der Waals surface area contributed by atoms with Crippen LogP contribution >= 0.6 is 11.3 Å². The van der Waals surface area contributed by atoms with Crippen LogP contribution in [-0.2, 0) is 0 Å². The van der Waals surface area contributed by atoms with Crippen LogP contribution in [0.3, 0.4) is 0 Å². The predicted octanol–water partition coefficient (Wildman–Crippen LogP) is 2.39. The molecule has 1 N–H and O–H groups in total. The number of aromatic carboxylic acids is 1. The second-order valence-electron chi connectivity index (χ2n) is 3.48. The zero-order valence-electron chi connectivity index (χ0n) is 9.28. The number of hydrogen-bond donors (Lipinski definition) is 1. The van der Waals surface area contributed by atoms with Gasteiger partial charge in [0, 0.05) is 18.5 Å². The van der Waals surface area contributed by atoms with Gasteiger partial charge in [-0.3, -0.25) is 0 Å². The van der Waals surface area contributed by atoms with Gasteiger partial charge in [0.25, 0.3) is 0 Å². The Morgan fingerprint density at radius 3 is 2.73 bits per heavy atom. The monoisotopic (exact) mass is 228 g/mol. The van der Waals surface area contributed by atoms with Gasteiger partial charge in [0.2, 0.25) is 0 Å². The van der Waals surface area contributed by atoms with Crippen molar-refractivity contribution in [2.45, 2.75) is 26.7 Å². The van der Waals surface area contributed by atoms with Gasteiger partial charge in [0.05, 0.1) is 0 Å². The molecule has 0 aliphatic heterocycles. The molecule has 5 heteroatoms. The van der Waals surface area contributed by atoms with Gasteiger partial charge in [0.1, 0.15) is 0 Å². The van der Waals surface area contributed by atoms with Crippen LogP contribution < -0.4 is 4.90 Å². The number of anilines is 1. The minimum Gasteiger partial charge on any atom is -0.476 e. The number of aryl methyl sites for hydroxylation is 1. The van der Waals surface area contributed by atoms with Crippen LogP contribution in [0.2, 0.25) is 0 Å². The van der Waals surface area contributed by atoms with Gasteiger partial charge in [-0.2, -0.15) is 0 Å². The van der Waals surface area contributed by atoms with Crippen molar-refractivity contribution in [3.8, 4) is 0 Å². The quantitative estimate of drug-likeness (QED) is 0.840. The molecule has 4 nitrogen and oxygen atoms in total. The Bertz CT molecular complexity index is 349. The van der Waals surface area contributed by atoms with E-state index >= 15 is 0 Å². The number of carboxylic acids is 1. The largest absolute Gasteiger partial charge is 0.476 e. The van der Waals surface area contributed by atoms with Crippen molar-refractivity contribution in [1.29, 1.82) is 0 Å². The Labute approximate surface area is 93.6 Å². The lowest BCUT2D eigenvalue weighted by atomic mass is 10.3. The predicted molar refractivity (Wildman–Crippen MR) is 62.0 cm³/mol. The van der Waals surface area contributed by atoms with E-state index in [2.05, 4.69) is 11.9 Å². The van der Waals surface area contributed by atoms with Crippen molar-refractivity contribution in [2.75, 3.05) is 18.5 Å². The fourth-order valence-electron chi connectivity index (χ4n) is 1.24. The molecule has 15 heavy (non-hydrogen) atoms. The summed E-state index contributed by atoms with van der Waals surface area (Å²) >= 11 is 1.44. The summed E-state index contributed by atoms with van der Waals surface area (Å²) in [6, 6.07) is 0. The summed E-state index contributed by atoms with van der Waals surface area (Å²) in [5.41, 5.74) is 0.179. The smallest absolute Gasteiger partial charge is 0.355 e. The molecule has 1 rings (SSSR count). The summed E-state index contributed by atoms with van der Waals surface area (Å²) in [5.74, 6) is -0.945. The number of rotatable bonds is 5. The summed E-state index contributed by atoms with van der Waals surface area (Å²) in [5, 5.41) is 9.65. The van der Waals surface area contributed by atoms with Crippen molar-refractivity contribution < 1.29 is 9.90 Å². The maximum Gasteiger partial charge on any atom is 0.355 e. The number of aromatic nitrogens is 1. The number of unbranched alkanes of at least 4 members (excludes halogenated alkanes) is 1. The Morgan fingerprint density at radius 2 is 2.27 bits per heavy atom. The molecule has 0 atom stereocenters. The minimum absolute atomic E-state index is 0.179. The van der Waals surface area contributed by atoms with Crippen molar-refractivity contribution in [1.82, 2.24) is 4.98 Å². The second-order valence-corrected chi connectivity index (χ2v) is 4.66. The van der Waals surface area contributed by atoms with Crippen LogP contribution in [0.25, 0.3) is 0 Å². The van der Waals surface area contributed by atoms with Crippen LogP contribution in [0.15, 0.2) is 0 Å². The van der Waals surface area contributed by atoms with Crippen LogP contribution in [0, 0.1) is 6.92 Å². The molecule has 84 valence electrons. The normalized spacial score (nSPS) is 10.3. The van der Waals surface area contributed by atoms with E-state index in [1.165, 1.54) is 11.3 Å². The molecule has 0 saturated carbocycles.